The maximum absolute atomic E-state index is 6.45. The molecule has 1 aromatic rings. The van der Waals surface area contributed by atoms with Crippen LogP contribution in [0.25, 0.3) is 0 Å². The minimum absolute atomic E-state index is 0.280. The number of halogens is 1. The van der Waals surface area contributed by atoms with Crippen molar-refractivity contribution < 1.29 is 4.74 Å². The molecule has 1 aliphatic heterocycles. The van der Waals surface area contributed by atoms with Gasteiger partial charge in [0.2, 0.25) is 0 Å². The van der Waals surface area contributed by atoms with Gasteiger partial charge in [-0.15, -0.1) is 0 Å². The van der Waals surface area contributed by atoms with Crippen LogP contribution in [0.4, 0.5) is 0 Å². The number of aromatic nitrogens is 2. The van der Waals surface area contributed by atoms with E-state index < -0.39 is 0 Å². The van der Waals surface area contributed by atoms with Crippen molar-refractivity contribution in [1.82, 2.24) is 14.7 Å². The van der Waals surface area contributed by atoms with Crippen LogP contribution in [-0.2, 0) is 0 Å². The monoisotopic (exact) mass is 283 g/mol. The molecule has 0 N–H and O–H groups in total. The van der Waals surface area contributed by atoms with Gasteiger partial charge in [0.05, 0.1) is 12.3 Å². The summed E-state index contributed by atoms with van der Waals surface area (Å²) >= 11 is 6.45. The van der Waals surface area contributed by atoms with Gasteiger partial charge < -0.3 is 4.74 Å². The number of piperidine rings is 1. The highest BCUT2D eigenvalue weighted by molar-refractivity contribution is 6.31. The molecule has 2 heterocycles. The van der Waals surface area contributed by atoms with Crippen LogP contribution in [0.5, 0.6) is 5.75 Å². The van der Waals surface area contributed by atoms with Crippen molar-refractivity contribution >= 4 is 11.6 Å². The Morgan fingerprint density at radius 3 is 2.68 bits per heavy atom. The second kappa shape index (κ2) is 5.71. The van der Waals surface area contributed by atoms with Crippen LogP contribution in [-0.4, -0.2) is 34.4 Å². The van der Waals surface area contributed by atoms with Gasteiger partial charge in [0.25, 0.3) is 0 Å². The molecule has 0 radical (unpaired) electrons. The smallest absolute Gasteiger partial charge is 0.176 e. The summed E-state index contributed by atoms with van der Waals surface area (Å²) in [5.74, 6) is 0.757. The molecule has 106 valence electrons. The van der Waals surface area contributed by atoms with Crippen molar-refractivity contribution in [2.75, 3.05) is 13.6 Å². The second-order valence-electron chi connectivity index (χ2n) is 5.73. The Labute approximate surface area is 119 Å². The average Bonchev–Trinajstić information content (AvgIpc) is 3.03. The Kier molecular flexibility index (Phi) is 3.99. The molecule has 2 aliphatic rings. The van der Waals surface area contributed by atoms with Gasteiger partial charge in [-0.1, -0.05) is 11.6 Å². The predicted molar refractivity (Wildman–Crippen MR) is 75.6 cm³/mol. The summed E-state index contributed by atoms with van der Waals surface area (Å²) < 4.78 is 7.90. The molecule has 19 heavy (non-hydrogen) atoms. The third kappa shape index (κ3) is 2.75. The third-order valence-electron chi connectivity index (χ3n) is 4.31. The molecule has 5 heteroatoms. The molecule has 1 aromatic heterocycles. The first-order valence-electron chi connectivity index (χ1n) is 7.35. The van der Waals surface area contributed by atoms with Gasteiger partial charge in [0.15, 0.2) is 10.9 Å². The highest BCUT2D eigenvalue weighted by Gasteiger charge is 2.26. The minimum atomic E-state index is 0.280. The average molecular weight is 284 g/mol. The number of likely N-dealkylation sites (tertiary alicyclic amines) is 1. The SMILES string of the molecule is CN1CCCCC1n1ncc(OC2CCCC2)c1Cl. The maximum Gasteiger partial charge on any atom is 0.176 e. The van der Waals surface area contributed by atoms with Crippen LogP contribution in [0.1, 0.15) is 51.1 Å². The summed E-state index contributed by atoms with van der Waals surface area (Å²) in [5, 5.41) is 5.11. The fourth-order valence-electron chi connectivity index (χ4n) is 3.17. The normalized spacial score (nSPS) is 25.9. The highest BCUT2D eigenvalue weighted by Crippen LogP contribution is 2.34. The summed E-state index contributed by atoms with van der Waals surface area (Å²) in [6.45, 7) is 1.11. The molecular weight excluding hydrogens is 262 g/mol. The van der Waals surface area contributed by atoms with Crippen LogP contribution in [0.2, 0.25) is 5.15 Å². The van der Waals surface area contributed by atoms with Crippen LogP contribution >= 0.6 is 11.6 Å². The van der Waals surface area contributed by atoms with E-state index in [1.807, 2.05) is 4.68 Å². The highest BCUT2D eigenvalue weighted by atomic mass is 35.5. The summed E-state index contributed by atoms with van der Waals surface area (Å²) in [5.41, 5.74) is 0. The molecule has 0 amide bonds. The Morgan fingerprint density at radius 1 is 1.21 bits per heavy atom. The van der Waals surface area contributed by atoms with Gasteiger partial charge in [-0.3, -0.25) is 4.90 Å². The Bertz CT molecular complexity index is 428. The summed E-state index contributed by atoms with van der Waals surface area (Å²) in [6, 6.07) is 0. The molecular formula is C14H22ClN3O. The van der Waals surface area contributed by atoms with E-state index in [1.54, 1.807) is 6.20 Å². The predicted octanol–water partition coefficient (Wildman–Crippen LogP) is 3.47. The largest absolute Gasteiger partial charge is 0.486 e. The zero-order chi connectivity index (χ0) is 13.2. The molecule has 2 fully saturated rings. The molecule has 0 bridgehead atoms. The molecule has 1 aliphatic carbocycles. The van der Waals surface area contributed by atoms with Gasteiger partial charge in [0, 0.05) is 0 Å². The van der Waals surface area contributed by atoms with Crippen molar-refractivity contribution in [3.05, 3.63) is 11.3 Å². The maximum atomic E-state index is 6.45. The fourth-order valence-corrected chi connectivity index (χ4v) is 3.42. The lowest BCUT2D eigenvalue weighted by Gasteiger charge is -2.32. The standard InChI is InChI=1S/C14H22ClN3O/c1-17-9-5-4-8-13(17)18-14(15)12(10-16-18)19-11-6-2-3-7-11/h10-11,13H,2-9H2,1H3. The Morgan fingerprint density at radius 2 is 1.95 bits per heavy atom. The summed E-state index contributed by atoms with van der Waals surface area (Å²) in [7, 11) is 2.14. The summed E-state index contributed by atoms with van der Waals surface area (Å²) in [4.78, 5) is 2.32. The number of nitrogens with zero attached hydrogens (tertiary/aromatic N) is 3. The quantitative estimate of drug-likeness (QED) is 0.851. The lowest BCUT2D eigenvalue weighted by atomic mass is 10.1. The van der Waals surface area contributed by atoms with Gasteiger partial charge in [-0.2, -0.15) is 5.10 Å². The number of hydrogen-bond acceptors (Lipinski definition) is 3. The van der Waals surface area contributed by atoms with Crippen LogP contribution < -0.4 is 4.74 Å². The minimum Gasteiger partial charge on any atom is -0.486 e. The zero-order valence-electron chi connectivity index (χ0n) is 11.5. The van der Waals surface area contributed by atoms with Gasteiger partial charge in [-0.05, 0) is 58.5 Å². The second-order valence-corrected chi connectivity index (χ2v) is 6.08. The van der Waals surface area contributed by atoms with E-state index in [9.17, 15) is 0 Å². The number of rotatable bonds is 3. The van der Waals surface area contributed by atoms with E-state index in [1.165, 1.54) is 25.7 Å². The molecule has 1 saturated heterocycles. The molecule has 1 saturated carbocycles. The molecule has 1 unspecified atom stereocenters. The third-order valence-corrected chi connectivity index (χ3v) is 4.67. The molecule has 0 spiro atoms. The zero-order valence-corrected chi connectivity index (χ0v) is 12.3. The fraction of sp³-hybridized carbons (Fsp3) is 0.786. The van der Waals surface area contributed by atoms with E-state index in [2.05, 4.69) is 17.0 Å². The van der Waals surface area contributed by atoms with Crippen LogP contribution in [0, 0.1) is 0 Å². The lowest BCUT2D eigenvalue weighted by Crippen LogP contribution is -2.34. The first kappa shape index (κ1) is 13.3. The number of hydrogen-bond donors (Lipinski definition) is 0. The molecule has 1 atom stereocenters. The first-order valence-corrected chi connectivity index (χ1v) is 7.73. The van der Waals surface area contributed by atoms with Gasteiger partial charge >= 0.3 is 0 Å². The van der Waals surface area contributed by atoms with Gasteiger partial charge in [0.1, 0.15) is 6.17 Å². The topological polar surface area (TPSA) is 30.3 Å². The Balaban J connectivity index is 1.73. The molecule has 3 rings (SSSR count). The van der Waals surface area contributed by atoms with Gasteiger partial charge in [-0.25, -0.2) is 4.68 Å². The van der Waals surface area contributed by atoms with E-state index in [4.69, 9.17) is 16.3 Å². The summed E-state index contributed by atoms with van der Waals surface area (Å²) in [6.07, 6.45) is 10.8. The van der Waals surface area contributed by atoms with E-state index >= 15 is 0 Å². The Hall–Kier alpha value is -0.740. The van der Waals surface area contributed by atoms with E-state index in [0.717, 1.165) is 31.6 Å². The van der Waals surface area contributed by atoms with E-state index in [-0.39, 0.29) is 6.17 Å². The molecule has 4 nitrogen and oxygen atoms in total. The first-order chi connectivity index (χ1) is 9.25. The van der Waals surface area contributed by atoms with Crippen molar-refractivity contribution in [2.45, 2.75) is 57.2 Å². The van der Waals surface area contributed by atoms with Crippen LogP contribution in [0.15, 0.2) is 6.20 Å². The van der Waals surface area contributed by atoms with Crippen molar-refractivity contribution in [3.8, 4) is 5.75 Å². The lowest BCUT2D eigenvalue weighted by molar-refractivity contribution is 0.115. The number of ether oxygens (including phenoxy) is 1. The van der Waals surface area contributed by atoms with E-state index in [0.29, 0.717) is 11.3 Å². The van der Waals surface area contributed by atoms with Crippen LogP contribution in [0.3, 0.4) is 0 Å². The van der Waals surface area contributed by atoms with Crippen molar-refractivity contribution in [2.24, 2.45) is 0 Å². The molecule has 0 aromatic carbocycles. The van der Waals surface area contributed by atoms with Crippen molar-refractivity contribution in [1.29, 1.82) is 0 Å². The van der Waals surface area contributed by atoms with Crippen molar-refractivity contribution in [3.63, 3.8) is 0 Å².